The number of non-ortho nitro benzene ring substituents is 1. The summed E-state index contributed by atoms with van der Waals surface area (Å²) in [5, 5.41) is 20.9. The van der Waals surface area contributed by atoms with E-state index in [-0.39, 0.29) is 29.7 Å². The number of guanidine groups is 1. The molecule has 140 valence electrons. The number of hydrogen-bond acceptors (Lipinski definition) is 4. The number of nitro groups is 1. The molecule has 0 aliphatic carbocycles. The van der Waals surface area contributed by atoms with Gasteiger partial charge in [0.1, 0.15) is 0 Å². The lowest BCUT2D eigenvalue weighted by molar-refractivity contribution is -0.384. The molecule has 2 aromatic rings. The van der Waals surface area contributed by atoms with Crippen LogP contribution in [0.25, 0.3) is 0 Å². The highest BCUT2D eigenvalue weighted by Gasteiger charge is 2.03. The summed E-state index contributed by atoms with van der Waals surface area (Å²) in [7, 11) is 1.71. The van der Waals surface area contributed by atoms with E-state index in [0.29, 0.717) is 30.6 Å². The maximum atomic E-state index is 10.6. The summed E-state index contributed by atoms with van der Waals surface area (Å²) in [6, 6.07) is 13.9. The van der Waals surface area contributed by atoms with Crippen LogP contribution in [-0.2, 0) is 6.54 Å². The maximum absolute atomic E-state index is 10.6. The van der Waals surface area contributed by atoms with E-state index in [1.165, 1.54) is 12.1 Å². The van der Waals surface area contributed by atoms with Gasteiger partial charge in [-0.2, -0.15) is 0 Å². The number of anilines is 1. The van der Waals surface area contributed by atoms with E-state index in [1.54, 1.807) is 19.2 Å². The molecule has 3 N–H and O–H groups in total. The van der Waals surface area contributed by atoms with Gasteiger partial charge in [-0.1, -0.05) is 23.7 Å². The fourth-order valence-electron chi connectivity index (χ4n) is 2.10. The van der Waals surface area contributed by atoms with Crippen molar-refractivity contribution in [3.05, 3.63) is 69.2 Å². The highest BCUT2D eigenvalue weighted by molar-refractivity contribution is 14.0. The first-order chi connectivity index (χ1) is 12.1. The monoisotopic (exact) mass is 489 g/mol. The van der Waals surface area contributed by atoms with Crippen molar-refractivity contribution in [2.24, 2.45) is 4.99 Å². The lowest BCUT2D eigenvalue weighted by Crippen LogP contribution is -2.39. The Balaban J connectivity index is 0.00000338. The van der Waals surface area contributed by atoms with Crippen molar-refractivity contribution in [2.75, 3.05) is 25.5 Å². The SMILES string of the molecule is CN=C(NCCNc1ccc([N+](=O)[O-])cc1)NCc1ccc(Cl)cc1.I. The van der Waals surface area contributed by atoms with E-state index in [9.17, 15) is 10.1 Å². The predicted molar refractivity (Wildman–Crippen MR) is 117 cm³/mol. The van der Waals surface area contributed by atoms with Crippen molar-refractivity contribution < 1.29 is 4.92 Å². The minimum atomic E-state index is -0.415. The van der Waals surface area contributed by atoms with Gasteiger partial charge in [-0.3, -0.25) is 15.1 Å². The van der Waals surface area contributed by atoms with Gasteiger partial charge < -0.3 is 16.0 Å². The second kappa shape index (κ2) is 11.5. The number of nitrogens with one attached hydrogen (secondary N) is 3. The van der Waals surface area contributed by atoms with Crippen molar-refractivity contribution in [3.63, 3.8) is 0 Å². The third-order valence-electron chi connectivity index (χ3n) is 3.42. The van der Waals surface area contributed by atoms with Crippen molar-refractivity contribution >= 4 is 52.9 Å². The lowest BCUT2D eigenvalue weighted by Gasteiger charge is -2.13. The summed E-state index contributed by atoms with van der Waals surface area (Å²) in [6.07, 6.45) is 0. The summed E-state index contributed by atoms with van der Waals surface area (Å²) in [5.41, 5.74) is 2.02. The van der Waals surface area contributed by atoms with Crippen LogP contribution in [0.4, 0.5) is 11.4 Å². The molecule has 7 nitrogen and oxygen atoms in total. The number of hydrogen-bond donors (Lipinski definition) is 3. The van der Waals surface area contributed by atoms with E-state index in [1.807, 2.05) is 24.3 Å². The van der Waals surface area contributed by atoms with E-state index >= 15 is 0 Å². The molecule has 0 aliphatic rings. The van der Waals surface area contributed by atoms with Gasteiger partial charge in [-0.25, -0.2) is 0 Å². The molecule has 0 spiro atoms. The Kier molecular flexibility index (Phi) is 9.74. The van der Waals surface area contributed by atoms with Gasteiger partial charge in [-0.05, 0) is 29.8 Å². The Bertz CT molecular complexity index is 723. The summed E-state index contributed by atoms with van der Waals surface area (Å²) in [6.45, 7) is 1.95. The number of nitrogens with zero attached hydrogens (tertiary/aromatic N) is 2. The quantitative estimate of drug-likeness (QED) is 0.138. The number of halogens is 2. The lowest BCUT2D eigenvalue weighted by atomic mass is 10.2. The van der Waals surface area contributed by atoms with E-state index in [0.717, 1.165) is 11.3 Å². The first-order valence-electron chi connectivity index (χ1n) is 7.76. The predicted octanol–water partition coefficient (Wildman–Crippen LogP) is 3.64. The zero-order chi connectivity index (χ0) is 18.1. The van der Waals surface area contributed by atoms with Crippen LogP contribution in [0, 0.1) is 10.1 Å². The summed E-state index contributed by atoms with van der Waals surface area (Å²) in [4.78, 5) is 14.4. The Morgan fingerprint density at radius 1 is 1.08 bits per heavy atom. The second-order valence-corrected chi connectivity index (χ2v) is 5.65. The Hall–Kier alpha value is -2.07. The molecule has 0 heterocycles. The molecule has 0 bridgehead atoms. The largest absolute Gasteiger partial charge is 0.383 e. The van der Waals surface area contributed by atoms with E-state index in [4.69, 9.17) is 11.6 Å². The third kappa shape index (κ3) is 7.44. The summed E-state index contributed by atoms with van der Waals surface area (Å²) < 4.78 is 0. The Morgan fingerprint density at radius 3 is 2.31 bits per heavy atom. The van der Waals surface area contributed by atoms with Gasteiger partial charge in [0.2, 0.25) is 0 Å². The Labute approximate surface area is 174 Å². The molecular weight excluding hydrogens is 469 g/mol. The molecule has 0 atom stereocenters. The molecule has 0 amide bonds. The number of aliphatic imine (C=N–C) groups is 1. The van der Waals surface area contributed by atoms with Gasteiger partial charge in [-0.15, -0.1) is 24.0 Å². The molecule has 0 radical (unpaired) electrons. The zero-order valence-corrected chi connectivity index (χ0v) is 17.3. The molecule has 0 aromatic heterocycles. The van der Waals surface area contributed by atoms with Crippen molar-refractivity contribution in [3.8, 4) is 0 Å². The van der Waals surface area contributed by atoms with Crippen LogP contribution >= 0.6 is 35.6 Å². The third-order valence-corrected chi connectivity index (χ3v) is 3.67. The highest BCUT2D eigenvalue weighted by atomic mass is 127. The zero-order valence-electron chi connectivity index (χ0n) is 14.2. The molecule has 26 heavy (non-hydrogen) atoms. The van der Waals surface area contributed by atoms with Gasteiger partial charge in [0, 0.05) is 49.5 Å². The van der Waals surface area contributed by atoms with Crippen LogP contribution in [0.3, 0.4) is 0 Å². The summed E-state index contributed by atoms with van der Waals surface area (Å²) >= 11 is 5.86. The van der Waals surface area contributed by atoms with E-state index < -0.39 is 4.92 Å². The van der Waals surface area contributed by atoms with Crippen LogP contribution in [-0.4, -0.2) is 31.0 Å². The van der Waals surface area contributed by atoms with Gasteiger partial charge in [0.05, 0.1) is 4.92 Å². The van der Waals surface area contributed by atoms with Crippen LogP contribution in [0.5, 0.6) is 0 Å². The van der Waals surface area contributed by atoms with Gasteiger partial charge >= 0.3 is 0 Å². The minimum absolute atomic E-state index is 0. The molecule has 2 rings (SSSR count). The molecule has 2 aromatic carbocycles. The minimum Gasteiger partial charge on any atom is -0.383 e. The van der Waals surface area contributed by atoms with Crippen LogP contribution in [0.2, 0.25) is 5.02 Å². The topological polar surface area (TPSA) is 91.6 Å². The van der Waals surface area contributed by atoms with Crippen molar-refractivity contribution in [2.45, 2.75) is 6.54 Å². The fraction of sp³-hybridized carbons (Fsp3) is 0.235. The number of rotatable bonds is 7. The normalized spacial score (nSPS) is 10.6. The standard InChI is InChI=1S/C17H20ClN5O2.HI/c1-19-17(22-12-13-2-4-14(18)5-3-13)21-11-10-20-15-6-8-16(9-7-15)23(24)25;/h2-9,20H,10-12H2,1H3,(H2,19,21,22);1H. The molecule has 0 aliphatic heterocycles. The molecule has 0 unspecified atom stereocenters. The molecular formula is C17H21ClIN5O2. The van der Waals surface area contributed by atoms with Gasteiger partial charge in [0.15, 0.2) is 5.96 Å². The summed E-state index contributed by atoms with van der Waals surface area (Å²) in [5.74, 6) is 0.695. The maximum Gasteiger partial charge on any atom is 0.269 e. The highest BCUT2D eigenvalue weighted by Crippen LogP contribution is 2.14. The molecule has 0 saturated heterocycles. The van der Waals surface area contributed by atoms with Crippen LogP contribution < -0.4 is 16.0 Å². The number of benzene rings is 2. The van der Waals surface area contributed by atoms with E-state index in [2.05, 4.69) is 20.9 Å². The Morgan fingerprint density at radius 2 is 1.73 bits per heavy atom. The van der Waals surface area contributed by atoms with Crippen molar-refractivity contribution in [1.82, 2.24) is 10.6 Å². The number of nitro benzene ring substituents is 1. The molecule has 0 saturated carbocycles. The smallest absolute Gasteiger partial charge is 0.269 e. The average molecular weight is 490 g/mol. The molecule has 0 fully saturated rings. The molecule has 9 heteroatoms. The fourth-order valence-corrected chi connectivity index (χ4v) is 2.22. The van der Waals surface area contributed by atoms with Crippen LogP contribution in [0.1, 0.15) is 5.56 Å². The van der Waals surface area contributed by atoms with Gasteiger partial charge in [0.25, 0.3) is 5.69 Å². The average Bonchev–Trinajstić information content (AvgIpc) is 2.63. The van der Waals surface area contributed by atoms with Crippen LogP contribution in [0.15, 0.2) is 53.5 Å². The first-order valence-corrected chi connectivity index (χ1v) is 8.13. The second-order valence-electron chi connectivity index (χ2n) is 5.21. The first kappa shape index (κ1) is 22.0. The van der Waals surface area contributed by atoms with Crippen molar-refractivity contribution in [1.29, 1.82) is 0 Å².